The van der Waals surface area contributed by atoms with Crippen molar-refractivity contribution in [1.29, 1.82) is 0 Å². The summed E-state index contributed by atoms with van der Waals surface area (Å²) < 4.78 is 10.2. The van der Waals surface area contributed by atoms with Crippen molar-refractivity contribution < 1.29 is 18.8 Å². The maximum Gasteiger partial charge on any atom is 0.263 e. The second-order valence-corrected chi connectivity index (χ2v) is 5.32. The minimum atomic E-state index is -0.464. The van der Waals surface area contributed by atoms with Crippen molar-refractivity contribution in [2.45, 2.75) is 13.8 Å². The SMILES string of the molecule is CC(=O)c1cc(Cl)cc(Cl)c1OCC(=O)Nc1cc(C)on1. The van der Waals surface area contributed by atoms with Crippen molar-refractivity contribution in [1.82, 2.24) is 5.16 Å². The first kappa shape index (κ1) is 16.3. The van der Waals surface area contributed by atoms with Crippen molar-refractivity contribution in [3.63, 3.8) is 0 Å². The number of hydrogen-bond donors (Lipinski definition) is 1. The third-order valence-corrected chi connectivity index (χ3v) is 3.13. The fourth-order valence-electron chi connectivity index (χ4n) is 1.71. The summed E-state index contributed by atoms with van der Waals surface area (Å²) in [6.07, 6.45) is 0. The number of benzene rings is 1. The van der Waals surface area contributed by atoms with Gasteiger partial charge in [-0.25, -0.2) is 0 Å². The Bertz CT molecular complexity index is 728. The molecule has 116 valence electrons. The smallest absolute Gasteiger partial charge is 0.263 e. The maximum atomic E-state index is 11.8. The first-order valence-electron chi connectivity index (χ1n) is 6.22. The van der Waals surface area contributed by atoms with E-state index >= 15 is 0 Å². The molecule has 2 rings (SSSR count). The summed E-state index contributed by atoms with van der Waals surface area (Å²) in [4.78, 5) is 23.4. The molecule has 6 nitrogen and oxygen atoms in total. The van der Waals surface area contributed by atoms with Gasteiger partial charge >= 0.3 is 0 Å². The molecule has 22 heavy (non-hydrogen) atoms. The van der Waals surface area contributed by atoms with Crippen molar-refractivity contribution >= 4 is 40.7 Å². The Labute approximate surface area is 136 Å². The van der Waals surface area contributed by atoms with Gasteiger partial charge in [0.15, 0.2) is 18.2 Å². The number of amides is 1. The van der Waals surface area contributed by atoms with Crippen LogP contribution in [-0.4, -0.2) is 23.5 Å². The van der Waals surface area contributed by atoms with Crippen molar-refractivity contribution in [3.8, 4) is 5.75 Å². The molecule has 1 aromatic carbocycles. The molecule has 0 radical (unpaired) electrons. The Hall–Kier alpha value is -2.05. The molecule has 1 aromatic heterocycles. The van der Waals surface area contributed by atoms with Crippen LogP contribution in [0, 0.1) is 6.92 Å². The van der Waals surface area contributed by atoms with Gasteiger partial charge in [-0.05, 0) is 26.0 Å². The molecule has 0 aliphatic heterocycles. The molecule has 0 saturated carbocycles. The number of ether oxygens (including phenoxy) is 1. The number of hydrogen-bond acceptors (Lipinski definition) is 5. The van der Waals surface area contributed by atoms with E-state index in [4.69, 9.17) is 32.5 Å². The number of carbonyl (C=O) groups excluding carboxylic acids is 2. The summed E-state index contributed by atoms with van der Waals surface area (Å²) in [6.45, 7) is 2.71. The lowest BCUT2D eigenvalue weighted by atomic mass is 10.1. The summed E-state index contributed by atoms with van der Waals surface area (Å²) >= 11 is 11.9. The molecule has 0 saturated heterocycles. The summed E-state index contributed by atoms with van der Waals surface area (Å²) in [6, 6.07) is 4.43. The van der Waals surface area contributed by atoms with Crippen LogP contribution in [0.1, 0.15) is 23.0 Å². The highest BCUT2D eigenvalue weighted by atomic mass is 35.5. The average molecular weight is 343 g/mol. The molecular formula is C14H12Cl2N2O4. The summed E-state index contributed by atoms with van der Waals surface area (Å²) in [5.74, 6) is 0.224. The minimum absolute atomic E-state index is 0.116. The van der Waals surface area contributed by atoms with Gasteiger partial charge in [0.25, 0.3) is 5.91 Å². The van der Waals surface area contributed by atoms with E-state index in [-0.39, 0.29) is 34.5 Å². The molecule has 0 unspecified atom stereocenters. The normalized spacial score (nSPS) is 10.4. The van der Waals surface area contributed by atoms with Gasteiger partial charge in [-0.2, -0.15) is 0 Å². The number of ketones is 1. The Kier molecular flexibility index (Phi) is 5.05. The average Bonchev–Trinajstić information content (AvgIpc) is 2.82. The van der Waals surface area contributed by atoms with E-state index in [1.54, 1.807) is 13.0 Å². The lowest BCUT2D eigenvalue weighted by Gasteiger charge is -2.11. The largest absolute Gasteiger partial charge is 0.481 e. The topological polar surface area (TPSA) is 81.4 Å². The lowest BCUT2D eigenvalue weighted by Crippen LogP contribution is -2.21. The Morgan fingerprint density at radius 2 is 2.05 bits per heavy atom. The number of Topliss-reactive ketones (excluding diaryl/α,β-unsaturated/α-hetero) is 1. The van der Waals surface area contributed by atoms with Gasteiger partial charge in [0.1, 0.15) is 11.5 Å². The van der Waals surface area contributed by atoms with E-state index in [1.165, 1.54) is 19.1 Å². The molecule has 0 bridgehead atoms. The Morgan fingerprint density at radius 1 is 1.32 bits per heavy atom. The standard InChI is InChI=1S/C14H12Cl2N2O4/c1-7-3-12(18-22-7)17-13(20)6-21-14-10(8(2)19)4-9(15)5-11(14)16/h3-5H,6H2,1-2H3,(H,17,18,20). The molecule has 2 aromatic rings. The quantitative estimate of drug-likeness (QED) is 0.840. The predicted octanol–water partition coefficient (Wildman–Crippen LogP) is 3.51. The number of aromatic nitrogens is 1. The van der Waals surface area contributed by atoms with E-state index in [0.29, 0.717) is 10.8 Å². The van der Waals surface area contributed by atoms with Crippen LogP contribution in [0.5, 0.6) is 5.75 Å². The summed E-state index contributed by atoms with van der Waals surface area (Å²) in [5.41, 5.74) is 0.211. The van der Waals surface area contributed by atoms with Gasteiger partial charge in [-0.15, -0.1) is 0 Å². The van der Waals surface area contributed by atoms with Crippen LogP contribution in [0.25, 0.3) is 0 Å². The molecule has 0 spiro atoms. The molecule has 8 heteroatoms. The number of rotatable bonds is 5. The van der Waals surface area contributed by atoms with E-state index in [1.807, 2.05) is 0 Å². The van der Waals surface area contributed by atoms with Crippen LogP contribution in [-0.2, 0) is 4.79 Å². The van der Waals surface area contributed by atoms with Crippen molar-refractivity contribution in [2.75, 3.05) is 11.9 Å². The van der Waals surface area contributed by atoms with E-state index < -0.39 is 5.91 Å². The second-order valence-electron chi connectivity index (χ2n) is 4.48. The number of nitrogens with one attached hydrogen (secondary N) is 1. The Morgan fingerprint density at radius 3 is 2.64 bits per heavy atom. The van der Waals surface area contributed by atoms with Gasteiger partial charge in [0.05, 0.1) is 10.6 Å². The lowest BCUT2D eigenvalue weighted by molar-refractivity contribution is -0.118. The molecule has 0 aliphatic carbocycles. The zero-order valence-electron chi connectivity index (χ0n) is 11.8. The zero-order valence-corrected chi connectivity index (χ0v) is 13.3. The van der Waals surface area contributed by atoms with Crippen LogP contribution in [0.15, 0.2) is 22.7 Å². The summed E-state index contributed by atoms with van der Waals surface area (Å²) in [7, 11) is 0. The monoisotopic (exact) mass is 342 g/mol. The number of anilines is 1. The maximum absolute atomic E-state index is 11.8. The van der Waals surface area contributed by atoms with Gasteiger partial charge < -0.3 is 14.6 Å². The highest BCUT2D eigenvalue weighted by Crippen LogP contribution is 2.32. The molecule has 1 amide bonds. The van der Waals surface area contributed by atoms with Crippen LogP contribution >= 0.6 is 23.2 Å². The fraction of sp³-hybridized carbons (Fsp3) is 0.214. The van der Waals surface area contributed by atoms with E-state index in [2.05, 4.69) is 10.5 Å². The van der Waals surface area contributed by atoms with Crippen LogP contribution in [0.4, 0.5) is 5.82 Å². The fourth-order valence-corrected chi connectivity index (χ4v) is 2.26. The molecule has 0 atom stereocenters. The highest BCUT2D eigenvalue weighted by molar-refractivity contribution is 6.36. The van der Waals surface area contributed by atoms with Gasteiger partial charge in [-0.3, -0.25) is 9.59 Å². The minimum Gasteiger partial charge on any atom is -0.481 e. The van der Waals surface area contributed by atoms with Crippen LogP contribution < -0.4 is 10.1 Å². The third kappa shape index (κ3) is 3.99. The number of carbonyl (C=O) groups is 2. The van der Waals surface area contributed by atoms with Gasteiger partial charge in [0.2, 0.25) is 0 Å². The molecule has 1 heterocycles. The molecule has 0 fully saturated rings. The number of nitrogens with zero attached hydrogens (tertiary/aromatic N) is 1. The number of aryl methyl sites for hydroxylation is 1. The summed E-state index contributed by atoms with van der Waals surface area (Å²) in [5, 5.41) is 6.58. The predicted molar refractivity (Wildman–Crippen MR) is 81.8 cm³/mol. The number of halogens is 2. The molecule has 0 aliphatic rings. The van der Waals surface area contributed by atoms with Gasteiger partial charge in [-0.1, -0.05) is 28.4 Å². The van der Waals surface area contributed by atoms with Crippen molar-refractivity contribution in [3.05, 3.63) is 39.6 Å². The van der Waals surface area contributed by atoms with Gasteiger partial charge in [0, 0.05) is 11.1 Å². The highest BCUT2D eigenvalue weighted by Gasteiger charge is 2.16. The zero-order chi connectivity index (χ0) is 16.3. The van der Waals surface area contributed by atoms with E-state index in [0.717, 1.165) is 0 Å². The second kappa shape index (κ2) is 6.81. The molecule has 1 N–H and O–H groups in total. The van der Waals surface area contributed by atoms with Crippen molar-refractivity contribution in [2.24, 2.45) is 0 Å². The van der Waals surface area contributed by atoms with Crippen LogP contribution in [0.2, 0.25) is 10.0 Å². The van der Waals surface area contributed by atoms with Crippen LogP contribution in [0.3, 0.4) is 0 Å². The first-order valence-corrected chi connectivity index (χ1v) is 6.98. The van der Waals surface area contributed by atoms with E-state index in [9.17, 15) is 9.59 Å². The molecular weight excluding hydrogens is 331 g/mol. The third-order valence-electron chi connectivity index (χ3n) is 2.63. The Balaban J connectivity index is 2.08. The first-order chi connectivity index (χ1) is 10.4.